The summed E-state index contributed by atoms with van der Waals surface area (Å²) in [7, 11) is 0. The minimum Gasteiger partial charge on any atom is -0.503 e. The van der Waals surface area contributed by atoms with Crippen molar-refractivity contribution >= 4 is 17.4 Å². The van der Waals surface area contributed by atoms with Crippen molar-refractivity contribution in [2.75, 3.05) is 4.90 Å². The number of hydrogen-bond acceptors (Lipinski definition) is 5. The number of amides is 1. The van der Waals surface area contributed by atoms with E-state index < -0.39 is 17.7 Å². The highest BCUT2D eigenvalue weighted by molar-refractivity contribution is 6.16. The molecular formula is C18H14N2O4. The molecule has 1 aliphatic rings. The molecule has 0 spiro atoms. The number of aliphatic hydroxyl groups excluding tert-OH is 1. The lowest BCUT2D eigenvalue weighted by Gasteiger charge is -2.24. The maximum absolute atomic E-state index is 12.6. The maximum atomic E-state index is 12.6. The van der Waals surface area contributed by atoms with Crippen LogP contribution in [0.25, 0.3) is 0 Å². The molecule has 6 heteroatoms. The summed E-state index contributed by atoms with van der Waals surface area (Å²) < 4.78 is 5.39. The van der Waals surface area contributed by atoms with Gasteiger partial charge in [0, 0.05) is 12.1 Å². The van der Waals surface area contributed by atoms with Gasteiger partial charge in [0.15, 0.2) is 11.5 Å². The molecule has 1 N–H and O–H groups in total. The molecule has 0 saturated carbocycles. The van der Waals surface area contributed by atoms with Gasteiger partial charge in [-0.25, -0.2) is 0 Å². The smallest absolute Gasteiger partial charge is 0.294 e. The molecule has 6 nitrogen and oxygen atoms in total. The first-order valence-corrected chi connectivity index (χ1v) is 7.42. The van der Waals surface area contributed by atoms with E-state index >= 15 is 0 Å². The van der Waals surface area contributed by atoms with Crippen LogP contribution in [0, 0.1) is 11.3 Å². The molecule has 24 heavy (non-hydrogen) atoms. The summed E-state index contributed by atoms with van der Waals surface area (Å²) >= 11 is 0. The Kier molecular flexibility index (Phi) is 3.92. The fourth-order valence-electron chi connectivity index (χ4n) is 2.76. The highest BCUT2D eigenvalue weighted by atomic mass is 16.3. The highest BCUT2D eigenvalue weighted by Crippen LogP contribution is 2.41. The molecule has 2 aromatic rings. The summed E-state index contributed by atoms with van der Waals surface area (Å²) in [5.74, 6) is -1.17. The van der Waals surface area contributed by atoms with Gasteiger partial charge in [0.1, 0.15) is 11.8 Å². The Balaban J connectivity index is 2.13. The van der Waals surface area contributed by atoms with Gasteiger partial charge in [0.05, 0.1) is 23.5 Å². The third kappa shape index (κ3) is 2.36. The van der Waals surface area contributed by atoms with Crippen LogP contribution < -0.4 is 4.90 Å². The van der Waals surface area contributed by atoms with E-state index in [1.807, 2.05) is 6.07 Å². The number of furan rings is 1. The number of carbonyl (C=O) groups is 2. The van der Waals surface area contributed by atoms with E-state index in [0.717, 1.165) is 0 Å². The number of Topliss-reactive ketones (excluding diaryl/α,β-unsaturated/α-hetero) is 1. The van der Waals surface area contributed by atoms with Gasteiger partial charge in [-0.1, -0.05) is 6.92 Å². The SMILES string of the molecule is CCC(=O)C1=C(O)C(=O)N(c2ccc(C#N)cc2)C1c1ccco1. The van der Waals surface area contributed by atoms with E-state index in [2.05, 4.69) is 0 Å². The topological polar surface area (TPSA) is 94.5 Å². The van der Waals surface area contributed by atoms with Crippen molar-refractivity contribution in [3.63, 3.8) is 0 Å². The first-order valence-electron chi connectivity index (χ1n) is 7.42. The van der Waals surface area contributed by atoms with Crippen LogP contribution in [-0.4, -0.2) is 16.8 Å². The number of carbonyl (C=O) groups excluding carboxylic acids is 2. The summed E-state index contributed by atoms with van der Waals surface area (Å²) in [6, 6.07) is 10.8. The molecule has 1 aromatic heterocycles. The molecule has 1 aromatic carbocycles. The van der Waals surface area contributed by atoms with Crippen molar-refractivity contribution in [2.24, 2.45) is 0 Å². The van der Waals surface area contributed by atoms with Gasteiger partial charge in [-0.2, -0.15) is 5.26 Å². The van der Waals surface area contributed by atoms with Crippen molar-refractivity contribution in [3.8, 4) is 6.07 Å². The number of hydrogen-bond donors (Lipinski definition) is 1. The van der Waals surface area contributed by atoms with Crippen molar-refractivity contribution in [1.82, 2.24) is 0 Å². The summed E-state index contributed by atoms with van der Waals surface area (Å²) in [6.45, 7) is 1.66. The zero-order chi connectivity index (χ0) is 17.3. The first kappa shape index (κ1) is 15.6. The van der Waals surface area contributed by atoms with Crippen LogP contribution in [0.5, 0.6) is 0 Å². The monoisotopic (exact) mass is 322 g/mol. The molecule has 1 unspecified atom stereocenters. The Morgan fingerprint density at radius 2 is 2.04 bits per heavy atom. The Morgan fingerprint density at radius 3 is 2.58 bits per heavy atom. The van der Waals surface area contributed by atoms with Crippen LogP contribution >= 0.6 is 0 Å². The van der Waals surface area contributed by atoms with Gasteiger partial charge < -0.3 is 9.52 Å². The molecule has 2 heterocycles. The van der Waals surface area contributed by atoms with E-state index in [1.165, 1.54) is 11.2 Å². The molecule has 0 fully saturated rings. The summed E-state index contributed by atoms with van der Waals surface area (Å²) in [4.78, 5) is 26.1. The lowest BCUT2D eigenvalue weighted by atomic mass is 9.99. The Bertz CT molecular complexity index is 857. The third-order valence-electron chi connectivity index (χ3n) is 3.92. The number of rotatable bonds is 4. The Labute approximate surface area is 138 Å². The number of anilines is 1. The number of nitrogens with zero attached hydrogens (tertiary/aromatic N) is 2. The predicted molar refractivity (Wildman–Crippen MR) is 85.0 cm³/mol. The summed E-state index contributed by atoms with van der Waals surface area (Å²) in [5.41, 5.74) is 0.939. The second kappa shape index (κ2) is 6.05. The molecular weight excluding hydrogens is 308 g/mol. The van der Waals surface area contributed by atoms with Crippen molar-refractivity contribution < 1.29 is 19.1 Å². The van der Waals surface area contributed by atoms with Gasteiger partial charge in [-0.15, -0.1) is 0 Å². The van der Waals surface area contributed by atoms with Crippen LogP contribution in [0.3, 0.4) is 0 Å². The van der Waals surface area contributed by atoms with Gasteiger partial charge in [0.2, 0.25) is 0 Å². The maximum Gasteiger partial charge on any atom is 0.294 e. The number of aliphatic hydroxyl groups is 1. The molecule has 3 rings (SSSR count). The lowest BCUT2D eigenvalue weighted by Crippen LogP contribution is -2.30. The molecule has 1 atom stereocenters. The number of benzene rings is 1. The quantitative estimate of drug-likeness (QED) is 0.933. The van der Waals surface area contributed by atoms with Crippen molar-refractivity contribution in [2.45, 2.75) is 19.4 Å². The second-order valence-electron chi connectivity index (χ2n) is 5.29. The van der Waals surface area contributed by atoms with E-state index in [9.17, 15) is 14.7 Å². The van der Waals surface area contributed by atoms with Crippen LogP contribution in [-0.2, 0) is 9.59 Å². The molecule has 0 radical (unpaired) electrons. The third-order valence-corrected chi connectivity index (χ3v) is 3.92. The van der Waals surface area contributed by atoms with E-state index in [1.54, 1.807) is 43.3 Å². The normalized spacial score (nSPS) is 17.2. The van der Waals surface area contributed by atoms with Crippen LogP contribution in [0.1, 0.15) is 30.7 Å². The minimum atomic E-state index is -0.826. The zero-order valence-electron chi connectivity index (χ0n) is 12.9. The van der Waals surface area contributed by atoms with E-state index in [-0.39, 0.29) is 17.8 Å². The molecule has 0 bridgehead atoms. The zero-order valence-corrected chi connectivity index (χ0v) is 12.9. The molecule has 1 amide bonds. The number of nitriles is 1. The Hall–Kier alpha value is -3.33. The van der Waals surface area contributed by atoms with Gasteiger partial charge in [0.25, 0.3) is 5.91 Å². The van der Waals surface area contributed by atoms with E-state index in [0.29, 0.717) is 17.0 Å². The Morgan fingerprint density at radius 1 is 1.33 bits per heavy atom. The van der Waals surface area contributed by atoms with Crippen molar-refractivity contribution in [1.29, 1.82) is 5.26 Å². The largest absolute Gasteiger partial charge is 0.503 e. The molecule has 0 aliphatic carbocycles. The molecule has 0 saturated heterocycles. The second-order valence-corrected chi connectivity index (χ2v) is 5.29. The lowest BCUT2D eigenvalue weighted by molar-refractivity contribution is -0.118. The van der Waals surface area contributed by atoms with Gasteiger partial charge in [-0.3, -0.25) is 14.5 Å². The van der Waals surface area contributed by atoms with Crippen LogP contribution in [0.15, 0.2) is 58.4 Å². The average molecular weight is 322 g/mol. The molecule has 120 valence electrons. The van der Waals surface area contributed by atoms with Gasteiger partial charge in [-0.05, 0) is 36.4 Å². The van der Waals surface area contributed by atoms with Crippen LogP contribution in [0.2, 0.25) is 0 Å². The molecule has 1 aliphatic heterocycles. The summed E-state index contributed by atoms with van der Waals surface area (Å²) in [6.07, 6.45) is 1.60. The fourth-order valence-corrected chi connectivity index (χ4v) is 2.76. The number of ketones is 1. The standard InChI is InChI=1S/C18H14N2O4/c1-2-13(21)15-16(14-4-3-9-24-14)20(18(23)17(15)22)12-7-5-11(10-19)6-8-12/h3-9,16,22H,2H2,1H3. The van der Waals surface area contributed by atoms with E-state index in [4.69, 9.17) is 9.68 Å². The van der Waals surface area contributed by atoms with Gasteiger partial charge >= 0.3 is 0 Å². The van der Waals surface area contributed by atoms with Crippen molar-refractivity contribution in [3.05, 3.63) is 65.3 Å². The average Bonchev–Trinajstić information content (AvgIpc) is 3.22. The highest BCUT2D eigenvalue weighted by Gasteiger charge is 2.45. The fraction of sp³-hybridized carbons (Fsp3) is 0.167. The first-order chi connectivity index (χ1) is 11.6. The summed E-state index contributed by atoms with van der Waals surface area (Å²) in [5, 5.41) is 19.1. The van der Waals surface area contributed by atoms with Crippen LogP contribution in [0.4, 0.5) is 5.69 Å². The minimum absolute atomic E-state index is 0.0295. The predicted octanol–water partition coefficient (Wildman–Crippen LogP) is 3.03.